The second-order valence-electron chi connectivity index (χ2n) is 7.00. The SMILES string of the molecule is COc1ccc(Cl)c(C=CCNC(=O)OCC2c3ccccc3-c3ccccc32)c1. The van der Waals surface area contributed by atoms with Crippen molar-refractivity contribution in [3.8, 4) is 16.9 Å². The van der Waals surface area contributed by atoms with Crippen LogP contribution in [0, 0.1) is 0 Å². The molecular formula is C25H22ClNO3. The fourth-order valence-corrected chi connectivity index (χ4v) is 3.93. The van der Waals surface area contributed by atoms with Gasteiger partial charge in [-0.3, -0.25) is 0 Å². The zero-order chi connectivity index (χ0) is 20.9. The topological polar surface area (TPSA) is 47.6 Å². The molecule has 0 aromatic heterocycles. The van der Waals surface area contributed by atoms with Gasteiger partial charge in [-0.1, -0.05) is 72.3 Å². The summed E-state index contributed by atoms with van der Waals surface area (Å²) in [6, 6.07) is 22.0. The fourth-order valence-electron chi connectivity index (χ4n) is 3.75. The van der Waals surface area contributed by atoms with Crippen LogP contribution in [0.4, 0.5) is 4.79 Å². The van der Waals surface area contributed by atoms with Gasteiger partial charge in [-0.15, -0.1) is 0 Å². The van der Waals surface area contributed by atoms with E-state index in [9.17, 15) is 4.79 Å². The molecule has 3 aromatic rings. The van der Waals surface area contributed by atoms with Crippen molar-refractivity contribution in [2.24, 2.45) is 0 Å². The van der Waals surface area contributed by atoms with Crippen molar-refractivity contribution in [1.29, 1.82) is 0 Å². The third-order valence-corrected chi connectivity index (χ3v) is 5.55. The van der Waals surface area contributed by atoms with E-state index in [2.05, 4.69) is 29.6 Å². The van der Waals surface area contributed by atoms with Crippen LogP contribution in [0.1, 0.15) is 22.6 Å². The smallest absolute Gasteiger partial charge is 0.407 e. The summed E-state index contributed by atoms with van der Waals surface area (Å²) < 4.78 is 10.7. The molecule has 0 saturated carbocycles. The van der Waals surface area contributed by atoms with Crippen LogP contribution in [0.25, 0.3) is 17.2 Å². The van der Waals surface area contributed by atoms with E-state index in [1.54, 1.807) is 19.2 Å². The Morgan fingerprint density at radius 2 is 1.70 bits per heavy atom. The lowest BCUT2D eigenvalue weighted by Crippen LogP contribution is -2.26. The van der Waals surface area contributed by atoms with E-state index in [1.807, 2.05) is 42.5 Å². The minimum atomic E-state index is -0.446. The standard InChI is InChI=1S/C25H22ClNO3/c1-29-18-12-13-24(26)17(15-18)7-6-14-27-25(28)30-16-23-21-10-4-2-8-19(21)20-9-3-5-11-22(20)23/h2-13,15,23H,14,16H2,1H3,(H,27,28). The molecule has 0 atom stereocenters. The summed E-state index contributed by atoms with van der Waals surface area (Å²) in [5, 5.41) is 3.37. The molecule has 0 radical (unpaired) electrons. The van der Waals surface area contributed by atoms with Crippen molar-refractivity contribution in [2.75, 3.05) is 20.3 Å². The second kappa shape index (κ2) is 9.06. The average molecular weight is 420 g/mol. The van der Waals surface area contributed by atoms with Gasteiger partial charge < -0.3 is 14.8 Å². The van der Waals surface area contributed by atoms with Gasteiger partial charge in [-0.2, -0.15) is 0 Å². The molecule has 0 aliphatic heterocycles. The van der Waals surface area contributed by atoms with Gasteiger partial charge in [0, 0.05) is 17.5 Å². The fraction of sp³-hybridized carbons (Fsp3) is 0.160. The number of ether oxygens (including phenoxy) is 2. The number of carbonyl (C=O) groups excluding carboxylic acids is 1. The van der Waals surface area contributed by atoms with Gasteiger partial charge in [0.1, 0.15) is 12.4 Å². The molecule has 4 nitrogen and oxygen atoms in total. The third-order valence-electron chi connectivity index (χ3n) is 5.21. The number of alkyl carbamates (subject to hydrolysis) is 1. The summed E-state index contributed by atoms with van der Waals surface area (Å²) in [7, 11) is 1.61. The van der Waals surface area contributed by atoms with Crippen LogP contribution in [0.3, 0.4) is 0 Å². The maximum atomic E-state index is 12.2. The van der Waals surface area contributed by atoms with Gasteiger partial charge in [-0.05, 0) is 46.0 Å². The highest BCUT2D eigenvalue weighted by molar-refractivity contribution is 6.32. The van der Waals surface area contributed by atoms with Gasteiger partial charge in [0.05, 0.1) is 7.11 Å². The lowest BCUT2D eigenvalue weighted by atomic mass is 9.98. The van der Waals surface area contributed by atoms with Gasteiger partial charge in [0.15, 0.2) is 0 Å². The monoisotopic (exact) mass is 419 g/mol. The third kappa shape index (κ3) is 4.19. The van der Waals surface area contributed by atoms with Crippen molar-refractivity contribution in [3.05, 3.63) is 94.5 Å². The van der Waals surface area contributed by atoms with Crippen molar-refractivity contribution < 1.29 is 14.3 Å². The zero-order valence-electron chi connectivity index (χ0n) is 16.6. The number of nitrogens with one attached hydrogen (secondary N) is 1. The predicted molar refractivity (Wildman–Crippen MR) is 120 cm³/mol. The Hall–Kier alpha value is -3.24. The highest BCUT2D eigenvalue weighted by Gasteiger charge is 2.28. The first-order valence-electron chi connectivity index (χ1n) is 9.76. The van der Waals surface area contributed by atoms with Crippen LogP contribution in [-0.2, 0) is 4.74 Å². The van der Waals surface area contributed by atoms with Crippen LogP contribution < -0.4 is 10.1 Å². The first-order chi connectivity index (χ1) is 14.7. The molecule has 0 saturated heterocycles. The molecule has 152 valence electrons. The first-order valence-corrected chi connectivity index (χ1v) is 10.1. The minimum Gasteiger partial charge on any atom is -0.497 e. The Bertz CT molecular complexity index is 1050. The normalized spacial score (nSPS) is 12.5. The Kier molecular flexibility index (Phi) is 6.05. The summed E-state index contributed by atoms with van der Waals surface area (Å²) in [5.41, 5.74) is 5.63. The largest absolute Gasteiger partial charge is 0.497 e. The number of carbonyl (C=O) groups is 1. The second-order valence-corrected chi connectivity index (χ2v) is 7.40. The van der Waals surface area contributed by atoms with Crippen LogP contribution in [0.2, 0.25) is 5.02 Å². The minimum absolute atomic E-state index is 0.0503. The van der Waals surface area contributed by atoms with E-state index in [4.69, 9.17) is 21.1 Å². The van der Waals surface area contributed by atoms with Crippen molar-refractivity contribution >= 4 is 23.8 Å². The predicted octanol–water partition coefficient (Wildman–Crippen LogP) is 5.90. The first kappa shape index (κ1) is 20.0. The molecule has 0 unspecified atom stereocenters. The van der Waals surface area contributed by atoms with E-state index < -0.39 is 6.09 Å². The maximum absolute atomic E-state index is 12.2. The number of hydrogen-bond acceptors (Lipinski definition) is 3. The highest BCUT2D eigenvalue weighted by atomic mass is 35.5. The molecule has 4 rings (SSSR count). The number of methoxy groups -OCH3 is 1. The molecule has 30 heavy (non-hydrogen) atoms. The molecular weight excluding hydrogens is 398 g/mol. The summed E-state index contributed by atoms with van der Waals surface area (Å²) >= 11 is 6.18. The van der Waals surface area contributed by atoms with Crippen LogP contribution in [-0.4, -0.2) is 26.4 Å². The Morgan fingerprint density at radius 1 is 1.03 bits per heavy atom. The maximum Gasteiger partial charge on any atom is 0.407 e. The Balaban J connectivity index is 1.34. The summed E-state index contributed by atoms with van der Waals surface area (Å²) in [4.78, 5) is 12.2. The Morgan fingerprint density at radius 3 is 2.37 bits per heavy atom. The van der Waals surface area contributed by atoms with E-state index in [-0.39, 0.29) is 5.92 Å². The number of benzene rings is 3. The van der Waals surface area contributed by atoms with E-state index in [0.29, 0.717) is 18.2 Å². The lowest BCUT2D eigenvalue weighted by molar-refractivity contribution is 0.144. The van der Waals surface area contributed by atoms with Gasteiger partial charge in [0.2, 0.25) is 0 Å². The van der Waals surface area contributed by atoms with E-state index in [1.165, 1.54) is 22.3 Å². The van der Waals surface area contributed by atoms with Crippen molar-refractivity contribution in [1.82, 2.24) is 5.32 Å². The quantitative estimate of drug-likeness (QED) is 0.541. The highest BCUT2D eigenvalue weighted by Crippen LogP contribution is 2.44. The lowest BCUT2D eigenvalue weighted by Gasteiger charge is -2.14. The van der Waals surface area contributed by atoms with E-state index >= 15 is 0 Å². The zero-order valence-corrected chi connectivity index (χ0v) is 17.4. The summed E-state index contributed by atoms with van der Waals surface area (Å²) in [6.07, 6.45) is 3.22. The molecule has 1 aliphatic rings. The number of fused-ring (bicyclic) bond motifs is 3. The molecule has 0 spiro atoms. The molecule has 3 aromatic carbocycles. The van der Waals surface area contributed by atoms with E-state index in [0.717, 1.165) is 11.3 Å². The van der Waals surface area contributed by atoms with Crippen LogP contribution in [0.5, 0.6) is 5.75 Å². The van der Waals surface area contributed by atoms with Crippen LogP contribution in [0.15, 0.2) is 72.8 Å². The Labute approximate surface area is 181 Å². The number of hydrogen-bond donors (Lipinski definition) is 1. The van der Waals surface area contributed by atoms with Gasteiger partial charge in [-0.25, -0.2) is 4.79 Å². The molecule has 1 aliphatic carbocycles. The van der Waals surface area contributed by atoms with Gasteiger partial charge >= 0.3 is 6.09 Å². The number of rotatable bonds is 6. The van der Waals surface area contributed by atoms with Gasteiger partial charge in [0.25, 0.3) is 0 Å². The molecule has 0 bridgehead atoms. The molecule has 5 heteroatoms. The molecule has 1 N–H and O–H groups in total. The van der Waals surface area contributed by atoms with Crippen molar-refractivity contribution in [3.63, 3.8) is 0 Å². The number of halogens is 1. The number of amides is 1. The van der Waals surface area contributed by atoms with Crippen molar-refractivity contribution in [2.45, 2.75) is 5.92 Å². The average Bonchev–Trinajstić information content (AvgIpc) is 3.10. The summed E-state index contributed by atoms with van der Waals surface area (Å²) in [6.45, 7) is 0.634. The van der Waals surface area contributed by atoms with Crippen LogP contribution >= 0.6 is 11.6 Å². The molecule has 1 amide bonds. The molecule has 0 fully saturated rings. The summed E-state index contributed by atoms with van der Waals surface area (Å²) in [5.74, 6) is 0.776. The molecule has 0 heterocycles.